The average molecular weight is 258 g/mol. The monoisotopic (exact) mass is 258 g/mol. The van der Waals surface area contributed by atoms with E-state index in [1.54, 1.807) is 6.07 Å². The van der Waals surface area contributed by atoms with Gasteiger partial charge in [0.25, 0.3) is 5.56 Å². The van der Waals surface area contributed by atoms with Gasteiger partial charge in [-0.1, -0.05) is 0 Å². The van der Waals surface area contributed by atoms with Crippen LogP contribution in [-0.2, 0) is 0 Å². The number of aromatic amines is 1. The molecule has 0 saturated carbocycles. The Kier molecular flexibility index (Phi) is 3.43. The van der Waals surface area contributed by atoms with Gasteiger partial charge in [-0.2, -0.15) is 15.2 Å². The van der Waals surface area contributed by atoms with Crippen LogP contribution in [0.25, 0.3) is 11.3 Å². The quantitative estimate of drug-likeness (QED) is 0.870. The minimum absolute atomic E-state index is 0.00838. The fourth-order valence-electron chi connectivity index (χ4n) is 1.46. The number of pyridine rings is 1. The van der Waals surface area contributed by atoms with Gasteiger partial charge in [-0.05, 0) is 6.07 Å². The Hall–Kier alpha value is -2.88. The number of hydrogen-bond donors (Lipinski definition) is 1. The third kappa shape index (κ3) is 2.52. The molecule has 7 heteroatoms. The van der Waals surface area contributed by atoms with Crippen LogP contribution in [0.4, 0.5) is 0 Å². The Morgan fingerprint density at radius 1 is 1.26 bits per heavy atom. The van der Waals surface area contributed by atoms with E-state index in [0.29, 0.717) is 17.1 Å². The molecule has 0 aliphatic heterocycles. The molecule has 1 N–H and O–H groups in total. The lowest BCUT2D eigenvalue weighted by molar-refractivity contribution is 0.353. The summed E-state index contributed by atoms with van der Waals surface area (Å²) in [6, 6.07) is 4.98. The zero-order valence-corrected chi connectivity index (χ0v) is 10.3. The first kappa shape index (κ1) is 12.6. The van der Waals surface area contributed by atoms with E-state index in [0.717, 1.165) is 0 Å². The van der Waals surface area contributed by atoms with Gasteiger partial charge in [0.1, 0.15) is 11.6 Å². The number of ether oxygens (including phenoxy) is 2. The third-order valence-corrected chi connectivity index (χ3v) is 2.39. The van der Waals surface area contributed by atoms with Crippen LogP contribution in [0, 0.1) is 11.3 Å². The molecule has 0 spiro atoms. The number of H-pyrrole nitrogens is 1. The highest BCUT2D eigenvalue weighted by Gasteiger charge is 2.09. The van der Waals surface area contributed by atoms with E-state index >= 15 is 0 Å². The molecule has 19 heavy (non-hydrogen) atoms. The number of hydrogen-bond acceptors (Lipinski definition) is 6. The van der Waals surface area contributed by atoms with Crippen molar-refractivity contribution in [3.8, 4) is 29.2 Å². The molecule has 2 aromatic heterocycles. The molecule has 0 atom stereocenters. The predicted octanol–water partition coefficient (Wildman–Crippen LogP) is 0.721. The summed E-state index contributed by atoms with van der Waals surface area (Å²) in [5.41, 5.74) is 0.611. The molecule has 0 saturated heterocycles. The molecule has 2 heterocycles. The van der Waals surface area contributed by atoms with Crippen molar-refractivity contribution in [3.63, 3.8) is 0 Å². The van der Waals surface area contributed by atoms with E-state index in [1.165, 1.54) is 26.5 Å². The van der Waals surface area contributed by atoms with Crippen molar-refractivity contribution < 1.29 is 9.47 Å². The summed E-state index contributed by atoms with van der Waals surface area (Å²) < 4.78 is 9.99. The van der Waals surface area contributed by atoms with Gasteiger partial charge >= 0.3 is 6.01 Å². The molecule has 0 aliphatic carbocycles. The molecule has 0 fully saturated rings. The molecule has 0 radical (unpaired) electrons. The van der Waals surface area contributed by atoms with Crippen LogP contribution in [0.3, 0.4) is 0 Å². The van der Waals surface area contributed by atoms with Gasteiger partial charge in [-0.3, -0.25) is 4.79 Å². The van der Waals surface area contributed by atoms with Crippen LogP contribution in [-0.4, -0.2) is 29.2 Å². The summed E-state index contributed by atoms with van der Waals surface area (Å²) in [5.74, 6) is 0.326. The van der Waals surface area contributed by atoms with Gasteiger partial charge in [0.15, 0.2) is 0 Å². The van der Waals surface area contributed by atoms with Crippen molar-refractivity contribution >= 4 is 0 Å². The Morgan fingerprint density at radius 3 is 2.68 bits per heavy atom. The second-order valence-corrected chi connectivity index (χ2v) is 3.53. The van der Waals surface area contributed by atoms with Crippen molar-refractivity contribution in [1.29, 1.82) is 5.26 Å². The van der Waals surface area contributed by atoms with Crippen LogP contribution in [0.2, 0.25) is 0 Å². The second kappa shape index (κ2) is 5.18. The zero-order chi connectivity index (χ0) is 13.8. The fourth-order valence-corrected chi connectivity index (χ4v) is 1.46. The first-order valence-corrected chi connectivity index (χ1v) is 5.28. The van der Waals surface area contributed by atoms with Crippen LogP contribution < -0.4 is 15.0 Å². The number of nitrogens with one attached hydrogen (secondary N) is 1. The lowest BCUT2D eigenvalue weighted by Gasteiger charge is -2.06. The fraction of sp³-hybridized carbons (Fsp3) is 0.167. The van der Waals surface area contributed by atoms with E-state index in [9.17, 15) is 4.79 Å². The Morgan fingerprint density at radius 2 is 2.05 bits per heavy atom. The summed E-state index contributed by atoms with van der Waals surface area (Å²) in [5, 5.41) is 8.84. The minimum atomic E-state index is -0.445. The normalized spacial score (nSPS) is 9.74. The third-order valence-electron chi connectivity index (χ3n) is 2.39. The molecule has 0 amide bonds. The highest BCUT2D eigenvalue weighted by atomic mass is 16.5. The predicted molar refractivity (Wildman–Crippen MR) is 65.9 cm³/mol. The van der Waals surface area contributed by atoms with Gasteiger partial charge in [0.05, 0.1) is 19.9 Å². The largest absolute Gasteiger partial charge is 0.481 e. The minimum Gasteiger partial charge on any atom is -0.481 e. The Balaban J connectivity index is 2.58. The standard InChI is InChI=1S/C12H10N4O3/c1-18-10-4-9(15-12(16-10)19-2)8-3-7(5-13)11(17)14-6-8/h3-4,6H,1-2H3,(H,14,17). The topological polar surface area (TPSA) is 101 Å². The number of rotatable bonds is 3. The smallest absolute Gasteiger partial charge is 0.320 e. The lowest BCUT2D eigenvalue weighted by atomic mass is 10.1. The maximum atomic E-state index is 11.3. The molecular weight excluding hydrogens is 248 g/mol. The molecule has 96 valence electrons. The molecule has 2 rings (SSSR count). The maximum Gasteiger partial charge on any atom is 0.320 e. The van der Waals surface area contributed by atoms with Crippen molar-refractivity contribution in [2.45, 2.75) is 0 Å². The summed E-state index contributed by atoms with van der Waals surface area (Å²) in [6.07, 6.45) is 1.46. The van der Waals surface area contributed by atoms with Crippen LogP contribution >= 0.6 is 0 Å². The second-order valence-electron chi connectivity index (χ2n) is 3.53. The van der Waals surface area contributed by atoms with Crippen LogP contribution in [0.5, 0.6) is 11.9 Å². The van der Waals surface area contributed by atoms with Crippen LogP contribution in [0.1, 0.15) is 5.56 Å². The highest BCUT2D eigenvalue weighted by Crippen LogP contribution is 2.22. The SMILES string of the molecule is COc1cc(-c2c[nH]c(=O)c(C#N)c2)nc(OC)n1. The van der Waals surface area contributed by atoms with Gasteiger partial charge in [0.2, 0.25) is 5.88 Å². The average Bonchev–Trinajstić information content (AvgIpc) is 2.47. The van der Waals surface area contributed by atoms with E-state index in [-0.39, 0.29) is 11.6 Å². The number of nitrogens with zero attached hydrogens (tertiary/aromatic N) is 3. The van der Waals surface area contributed by atoms with E-state index in [2.05, 4.69) is 15.0 Å². The van der Waals surface area contributed by atoms with Crippen molar-refractivity contribution in [2.24, 2.45) is 0 Å². The van der Waals surface area contributed by atoms with E-state index in [4.69, 9.17) is 14.7 Å². The molecule has 2 aromatic rings. The summed E-state index contributed by atoms with van der Waals surface area (Å²) in [4.78, 5) is 21.9. The highest BCUT2D eigenvalue weighted by molar-refractivity contribution is 5.61. The van der Waals surface area contributed by atoms with E-state index in [1.807, 2.05) is 6.07 Å². The molecule has 0 aliphatic rings. The first-order valence-electron chi connectivity index (χ1n) is 5.28. The van der Waals surface area contributed by atoms with Crippen LogP contribution in [0.15, 0.2) is 23.1 Å². The summed E-state index contributed by atoms with van der Waals surface area (Å²) >= 11 is 0. The Bertz CT molecular complexity index is 681. The van der Waals surface area contributed by atoms with Crippen molar-refractivity contribution in [3.05, 3.63) is 34.2 Å². The molecule has 0 bridgehead atoms. The van der Waals surface area contributed by atoms with Crippen molar-refractivity contribution in [1.82, 2.24) is 15.0 Å². The number of aromatic nitrogens is 3. The number of nitriles is 1. The van der Waals surface area contributed by atoms with E-state index < -0.39 is 5.56 Å². The number of methoxy groups -OCH3 is 2. The van der Waals surface area contributed by atoms with Gasteiger partial charge in [-0.15, -0.1) is 0 Å². The summed E-state index contributed by atoms with van der Waals surface area (Å²) in [6.45, 7) is 0. The first-order chi connectivity index (χ1) is 9.17. The van der Waals surface area contributed by atoms with Gasteiger partial charge in [-0.25, -0.2) is 0 Å². The van der Waals surface area contributed by atoms with Crippen molar-refractivity contribution in [2.75, 3.05) is 14.2 Å². The Labute approximate surface area is 108 Å². The molecule has 0 unspecified atom stereocenters. The zero-order valence-electron chi connectivity index (χ0n) is 10.3. The molecule has 7 nitrogen and oxygen atoms in total. The van der Waals surface area contributed by atoms with Gasteiger partial charge in [0, 0.05) is 17.8 Å². The summed E-state index contributed by atoms with van der Waals surface area (Å²) in [7, 11) is 2.91. The molecular formula is C12H10N4O3. The lowest BCUT2D eigenvalue weighted by Crippen LogP contribution is -2.09. The maximum absolute atomic E-state index is 11.3. The molecule has 0 aromatic carbocycles. The van der Waals surface area contributed by atoms with Gasteiger partial charge < -0.3 is 14.5 Å².